The van der Waals surface area contributed by atoms with Gasteiger partial charge in [-0.1, -0.05) is 11.6 Å². The van der Waals surface area contributed by atoms with E-state index in [2.05, 4.69) is 25.7 Å². The maximum atomic E-state index is 12.4. The number of nitrogens with zero attached hydrogens (tertiary/aromatic N) is 4. The molecule has 0 saturated carbocycles. The first-order valence-corrected chi connectivity index (χ1v) is 10.8. The summed E-state index contributed by atoms with van der Waals surface area (Å²) in [7, 11) is 0. The molecule has 0 unspecified atom stereocenters. The SMILES string of the molecule is Cc1cc(C)nc(-n2nc(C)c(CC(=O)NCCCC(=O)Nc3ccc(Cl)cc3)c2C)n1. The summed E-state index contributed by atoms with van der Waals surface area (Å²) in [6, 6.07) is 8.83. The normalized spacial score (nSPS) is 10.8. The van der Waals surface area contributed by atoms with Crippen molar-refractivity contribution in [2.75, 3.05) is 11.9 Å². The topological polar surface area (TPSA) is 102 Å². The molecule has 0 aliphatic rings. The Morgan fingerprint density at radius 2 is 1.66 bits per heavy atom. The number of benzene rings is 1. The first kappa shape index (κ1) is 23.4. The highest BCUT2D eigenvalue weighted by atomic mass is 35.5. The minimum Gasteiger partial charge on any atom is -0.356 e. The number of anilines is 1. The number of carbonyl (C=O) groups is 2. The molecule has 0 radical (unpaired) electrons. The van der Waals surface area contributed by atoms with E-state index < -0.39 is 0 Å². The summed E-state index contributed by atoms with van der Waals surface area (Å²) >= 11 is 5.84. The number of hydrogen-bond donors (Lipinski definition) is 2. The number of hydrogen-bond acceptors (Lipinski definition) is 5. The van der Waals surface area contributed by atoms with Gasteiger partial charge in [0.25, 0.3) is 5.95 Å². The molecule has 8 nitrogen and oxygen atoms in total. The van der Waals surface area contributed by atoms with Crippen LogP contribution in [0.1, 0.15) is 41.2 Å². The van der Waals surface area contributed by atoms with Crippen LogP contribution in [0.4, 0.5) is 5.69 Å². The molecule has 9 heteroatoms. The largest absolute Gasteiger partial charge is 0.356 e. The lowest BCUT2D eigenvalue weighted by atomic mass is 10.1. The molecule has 3 aromatic rings. The summed E-state index contributed by atoms with van der Waals surface area (Å²) in [6.07, 6.45) is 1.06. The monoisotopic (exact) mass is 454 g/mol. The molecule has 2 amide bonds. The minimum atomic E-state index is -0.116. The van der Waals surface area contributed by atoms with Crippen molar-refractivity contribution < 1.29 is 9.59 Å². The van der Waals surface area contributed by atoms with E-state index in [1.165, 1.54) is 0 Å². The van der Waals surface area contributed by atoms with Crippen LogP contribution in [-0.4, -0.2) is 38.1 Å². The quantitative estimate of drug-likeness (QED) is 0.506. The van der Waals surface area contributed by atoms with Crippen LogP contribution in [0.25, 0.3) is 5.95 Å². The van der Waals surface area contributed by atoms with Gasteiger partial charge in [0.2, 0.25) is 11.8 Å². The van der Waals surface area contributed by atoms with Crippen molar-refractivity contribution in [1.82, 2.24) is 25.1 Å². The fourth-order valence-corrected chi connectivity index (χ4v) is 3.51. The highest BCUT2D eigenvalue weighted by molar-refractivity contribution is 6.30. The van der Waals surface area contributed by atoms with Gasteiger partial charge in [-0.2, -0.15) is 5.10 Å². The zero-order chi connectivity index (χ0) is 23.3. The molecule has 0 atom stereocenters. The molecule has 2 heterocycles. The first-order valence-electron chi connectivity index (χ1n) is 10.4. The summed E-state index contributed by atoms with van der Waals surface area (Å²) in [5.74, 6) is 0.277. The Hall–Kier alpha value is -3.26. The van der Waals surface area contributed by atoms with Gasteiger partial charge < -0.3 is 10.6 Å². The predicted octanol–water partition coefficient (Wildman–Crippen LogP) is 3.63. The van der Waals surface area contributed by atoms with Gasteiger partial charge in [0.05, 0.1) is 12.1 Å². The molecule has 2 aromatic heterocycles. The highest BCUT2D eigenvalue weighted by Gasteiger charge is 2.17. The third kappa shape index (κ3) is 6.13. The molecule has 2 N–H and O–H groups in total. The first-order chi connectivity index (χ1) is 15.2. The smallest absolute Gasteiger partial charge is 0.251 e. The van der Waals surface area contributed by atoms with E-state index >= 15 is 0 Å². The van der Waals surface area contributed by atoms with Crippen molar-refractivity contribution in [3.05, 3.63) is 63.7 Å². The molecule has 0 aliphatic carbocycles. The number of rotatable bonds is 8. The Morgan fingerprint density at radius 1 is 1.00 bits per heavy atom. The van der Waals surface area contributed by atoms with E-state index in [-0.39, 0.29) is 18.2 Å². The Labute approximate surface area is 192 Å². The van der Waals surface area contributed by atoms with Crippen LogP contribution in [0.15, 0.2) is 30.3 Å². The summed E-state index contributed by atoms with van der Waals surface area (Å²) in [6.45, 7) is 8.02. The molecule has 0 spiro atoms. The average Bonchev–Trinajstić information content (AvgIpc) is 3.00. The van der Waals surface area contributed by atoms with Crippen LogP contribution < -0.4 is 10.6 Å². The number of nitrogens with one attached hydrogen (secondary N) is 2. The summed E-state index contributed by atoms with van der Waals surface area (Å²) in [4.78, 5) is 33.4. The van der Waals surface area contributed by atoms with Gasteiger partial charge in [-0.25, -0.2) is 14.6 Å². The van der Waals surface area contributed by atoms with Gasteiger partial charge in [0.15, 0.2) is 0 Å². The number of amides is 2. The summed E-state index contributed by atoms with van der Waals surface area (Å²) < 4.78 is 1.68. The Balaban J connectivity index is 1.50. The summed E-state index contributed by atoms with van der Waals surface area (Å²) in [5.41, 5.74) is 4.87. The van der Waals surface area contributed by atoms with Crippen LogP contribution in [0, 0.1) is 27.7 Å². The minimum absolute atomic E-state index is 0.108. The molecule has 3 rings (SSSR count). The van der Waals surface area contributed by atoms with Gasteiger partial charge in [-0.3, -0.25) is 9.59 Å². The fourth-order valence-electron chi connectivity index (χ4n) is 3.38. The Kier molecular flexibility index (Phi) is 7.58. The second-order valence-electron chi connectivity index (χ2n) is 7.70. The van der Waals surface area contributed by atoms with E-state index in [1.807, 2.05) is 33.8 Å². The third-order valence-electron chi connectivity index (χ3n) is 4.97. The molecule has 0 bridgehead atoms. The van der Waals surface area contributed by atoms with E-state index in [0.717, 1.165) is 28.3 Å². The molecule has 1 aromatic carbocycles. The van der Waals surface area contributed by atoms with E-state index in [4.69, 9.17) is 11.6 Å². The van der Waals surface area contributed by atoms with Crippen LogP contribution in [0.5, 0.6) is 0 Å². The van der Waals surface area contributed by atoms with Gasteiger partial charge in [0.1, 0.15) is 0 Å². The van der Waals surface area contributed by atoms with Crippen molar-refractivity contribution in [1.29, 1.82) is 0 Å². The van der Waals surface area contributed by atoms with Gasteiger partial charge >= 0.3 is 0 Å². The van der Waals surface area contributed by atoms with Crippen LogP contribution in [0.3, 0.4) is 0 Å². The van der Waals surface area contributed by atoms with Crippen molar-refractivity contribution in [3.63, 3.8) is 0 Å². The van der Waals surface area contributed by atoms with Crippen LogP contribution in [-0.2, 0) is 16.0 Å². The lowest BCUT2D eigenvalue weighted by molar-refractivity contribution is -0.121. The lowest BCUT2D eigenvalue weighted by Crippen LogP contribution is -2.27. The maximum absolute atomic E-state index is 12.4. The fraction of sp³-hybridized carbons (Fsp3) is 0.348. The van der Waals surface area contributed by atoms with Crippen LogP contribution in [0.2, 0.25) is 5.02 Å². The zero-order valence-electron chi connectivity index (χ0n) is 18.7. The lowest BCUT2D eigenvalue weighted by Gasteiger charge is -2.08. The number of aryl methyl sites for hydroxylation is 3. The maximum Gasteiger partial charge on any atom is 0.251 e. The zero-order valence-corrected chi connectivity index (χ0v) is 19.5. The predicted molar refractivity (Wildman–Crippen MR) is 124 cm³/mol. The summed E-state index contributed by atoms with van der Waals surface area (Å²) in [5, 5.41) is 10.8. The van der Waals surface area contributed by atoms with Crippen LogP contribution >= 0.6 is 11.6 Å². The molecule has 168 valence electrons. The number of aromatic nitrogens is 4. The molecule has 0 fully saturated rings. The Morgan fingerprint density at radius 3 is 2.31 bits per heavy atom. The van der Waals surface area contributed by atoms with Gasteiger partial charge in [-0.15, -0.1) is 0 Å². The van der Waals surface area contributed by atoms with E-state index in [1.54, 1.807) is 28.9 Å². The second kappa shape index (κ2) is 10.4. The molecular weight excluding hydrogens is 428 g/mol. The molecule has 0 saturated heterocycles. The third-order valence-corrected chi connectivity index (χ3v) is 5.22. The number of halogens is 1. The molecule has 0 aliphatic heterocycles. The molecule has 32 heavy (non-hydrogen) atoms. The van der Waals surface area contributed by atoms with Crippen molar-refractivity contribution in [3.8, 4) is 5.95 Å². The highest BCUT2D eigenvalue weighted by Crippen LogP contribution is 2.17. The van der Waals surface area contributed by atoms with Gasteiger partial charge in [-0.05, 0) is 64.4 Å². The van der Waals surface area contributed by atoms with E-state index in [9.17, 15) is 9.59 Å². The Bertz CT molecular complexity index is 1100. The van der Waals surface area contributed by atoms with Crippen molar-refractivity contribution in [2.24, 2.45) is 0 Å². The standard InChI is InChI=1S/C23H27ClN6O2/c1-14-12-15(2)27-23(26-14)30-17(4)20(16(3)29-30)13-22(32)25-11-5-6-21(31)28-19-9-7-18(24)8-10-19/h7-10,12H,5-6,11,13H2,1-4H3,(H,25,32)(H,28,31). The second-order valence-corrected chi connectivity index (χ2v) is 8.13. The van der Waals surface area contributed by atoms with Crippen molar-refractivity contribution >= 4 is 29.1 Å². The van der Waals surface area contributed by atoms with E-state index in [0.29, 0.717) is 36.0 Å². The molecular formula is C23H27ClN6O2. The van der Waals surface area contributed by atoms with Gasteiger partial charge in [0, 0.05) is 46.3 Å². The average molecular weight is 455 g/mol. The number of carbonyl (C=O) groups excluding carboxylic acids is 2. The van der Waals surface area contributed by atoms with Crippen molar-refractivity contribution in [2.45, 2.75) is 47.0 Å².